The van der Waals surface area contributed by atoms with Crippen LogP contribution in [0.4, 0.5) is 11.4 Å². The van der Waals surface area contributed by atoms with Crippen molar-refractivity contribution in [1.29, 1.82) is 0 Å². The summed E-state index contributed by atoms with van der Waals surface area (Å²) in [6.45, 7) is 11.1. The molecule has 8 rings (SSSR count). The van der Waals surface area contributed by atoms with Gasteiger partial charge in [-0.25, -0.2) is 0 Å². The van der Waals surface area contributed by atoms with E-state index < -0.39 is 0 Å². The molecule has 0 saturated carbocycles. The first-order chi connectivity index (χ1) is 27.4. The zero-order valence-corrected chi connectivity index (χ0v) is 33.2. The van der Waals surface area contributed by atoms with Crippen molar-refractivity contribution in [2.45, 2.75) is 64.5 Å². The lowest BCUT2D eigenvalue weighted by Crippen LogP contribution is -2.27. The van der Waals surface area contributed by atoms with Gasteiger partial charge in [-0.2, -0.15) is 0 Å². The summed E-state index contributed by atoms with van der Waals surface area (Å²) in [5.74, 6) is 0. The highest BCUT2D eigenvalue weighted by Crippen LogP contribution is 2.53. The maximum atomic E-state index is 3.81. The fourth-order valence-electron chi connectivity index (χ4n) is 8.76. The minimum Gasteiger partial charge on any atom is -0.381 e. The Hall–Kier alpha value is -6.12. The quantitative estimate of drug-likeness (QED) is 0.126. The molecule has 0 bridgehead atoms. The number of anilines is 2. The van der Waals surface area contributed by atoms with E-state index in [2.05, 4.69) is 226 Å². The summed E-state index contributed by atoms with van der Waals surface area (Å²) in [7, 11) is 0. The molecule has 0 fully saturated rings. The van der Waals surface area contributed by atoms with Gasteiger partial charge in [0.25, 0.3) is 0 Å². The lowest BCUT2D eigenvalue weighted by Gasteiger charge is -2.30. The van der Waals surface area contributed by atoms with Gasteiger partial charge in [0.1, 0.15) is 0 Å². The van der Waals surface area contributed by atoms with Crippen LogP contribution in [0.3, 0.4) is 0 Å². The van der Waals surface area contributed by atoms with Crippen LogP contribution in [0.1, 0.15) is 68.4 Å². The average Bonchev–Trinajstić information content (AvgIpc) is 3.48. The molecule has 1 aliphatic rings. The highest BCUT2D eigenvalue weighted by atomic mass is 15.2. The topological polar surface area (TPSA) is 15.3 Å². The molecule has 0 aliphatic carbocycles. The summed E-state index contributed by atoms with van der Waals surface area (Å²) in [5.41, 5.74) is 11.3. The fraction of sp³-hybridized carbons (Fsp3) is 0.185. The van der Waals surface area contributed by atoms with E-state index in [9.17, 15) is 0 Å². The van der Waals surface area contributed by atoms with E-state index in [4.69, 9.17) is 0 Å². The third-order valence-corrected chi connectivity index (χ3v) is 11.9. The van der Waals surface area contributed by atoms with E-state index in [1.165, 1.54) is 72.0 Å². The summed E-state index contributed by atoms with van der Waals surface area (Å²) in [5, 5.41) is 9.02. The first-order valence-electron chi connectivity index (χ1n) is 20.1. The monoisotopic (exact) mass is 728 g/mol. The molecule has 0 aromatic heterocycles. The second kappa shape index (κ2) is 15.9. The Labute approximate surface area is 333 Å². The van der Waals surface area contributed by atoms with Crippen molar-refractivity contribution in [3.8, 4) is 0 Å². The molecular weight excluding hydrogens is 677 g/mol. The van der Waals surface area contributed by atoms with Gasteiger partial charge in [-0.15, -0.1) is 0 Å². The smallest absolute Gasteiger partial charge is 0.0479 e. The minimum atomic E-state index is -0.160. The third-order valence-electron chi connectivity index (χ3n) is 11.9. The fourth-order valence-corrected chi connectivity index (χ4v) is 8.76. The van der Waals surface area contributed by atoms with Gasteiger partial charge in [0.15, 0.2) is 0 Å². The second-order valence-electron chi connectivity index (χ2n) is 16.0. The lowest BCUT2D eigenvalue weighted by molar-refractivity contribution is 0.540. The molecule has 1 N–H and O–H groups in total. The molecule has 2 nitrogen and oxygen atoms in total. The Bertz CT molecular complexity index is 2540. The number of nitrogens with one attached hydrogen (secondary N) is 1. The molecule has 1 unspecified atom stereocenters. The molecule has 7 aromatic rings. The first-order valence-corrected chi connectivity index (χ1v) is 20.1. The van der Waals surface area contributed by atoms with E-state index in [0.717, 1.165) is 25.9 Å². The molecule has 0 radical (unpaired) electrons. The summed E-state index contributed by atoms with van der Waals surface area (Å²) < 4.78 is 0. The van der Waals surface area contributed by atoms with Gasteiger partial charge >= 0.3 is 0 Å². The van der Waals surface area contributed by atoms with Crippen LogP contribution in [0.15, 0.2) is 194 Å². The molecule has 1 atom stereocenters. The summed E-state index contributed by atoms with van der Waals surface area (Å²) >= 11 is 0. The molecular formula is C54H52N2. The predicted octanol–water partition coefficient (Wildman–Crippen LogP) is 14.2. The molecule has 1 heterocycles. The van der Waals surface area contributed by atoms with Crippen LogP contribution >= 0.6 is 0 Å². The van der Waals surface area contributed by atoms with Gasteiger partial charge in [0.2, 0.25) is 0 Å². The highest BCUT2D eigenvalue weighted by molar-refractivity contribution is 5.95. The van der Waals surface area contributed by atoms with Crippen LogP contribution < -0.4 is 10.2 Å². The van der Waals surface area contributed by atoms with Crippen molar-refractivity contribution in [2.75, 3.05) is 10.2 Å². The summed E-state index contributed by atoms with van der Waals surface area (Å²) in [4.78, 5) is 2.57. The van der Waals surface area contributed by atoms with Gasteiger partial charge in [0.05, 0.1) is 0 Å². The zero-order valence-electron chi connectivity index (χ0n) is 33.2. The second-order valence-corrected chi connectivity index (χ2v) is 16.0. The molecule has 0 amide bonds. The Kier molecular flexibility index (Phi) is 10.5. The van der Waals surface area contributed by atoms with Crippen LogP contribution in [-0.4, -0.2) is 0 Å². The number of fused-ring (bicyclic) bond motifs is 4. The Morgan fingerprint density at radius 2 is 1.25 bits per heavy atom. The largest absolute Gasteiger partial charge is 0.381 e. The van der Waals surface area contributed by atoms with E-state index in [1.807, 2.05) is 0 Å². The van der Waals surface area contributed by atoms with E-state index in [1.54, 1.807) is 0 Å². The first kappa shape index (κ1) is 36.8. The van der Waals surface area contributed by atoms with Crippen LogP contribution in [0.2, 0.25) is 0 Å². The molecule has 278 valence electrons. The molecule has 0 saturated heterocycles. The summed E-state index contributed by atoms with van der Waals surface area (Å²) in [6.07, 6.45) is 11.4. The van der Waals surface area contributed by atoms with Crippen molar-refractivity contribution in [1.82, 2.24) is 0 Å². The number of rotatable bonds is 12. The average molecular weight is 729 g/mol. The van der Waals surface area contributed by atoms with Gasteiger partial charge in [-0.1, -0.05) is 191 Å². The third kappa shape index (κ3) is 7.32. The van der Waals surface area contributed by atoms with Crippen LogP contribution in [0.25, 0.3) is 27.1 Å². The van der Waals surface area contributed by atoms with Gasteiger partial charge in [0, 0.05) is 35.6 Å². The minimum absolute atomic E-state index is 0.141. The van der Waals surface area contributed by atoms with Crippen molar-refractivity contribution in [3.05, 3.63) is 222 Å². The van der Waals surface area contributed by atoms with Crippen molar-refractivity contribution in [3.63, 3.8) is 0 Å². The Balaban J connectivity index is 1.18. The van der Waals surface area contributed by atoms with Crippen LogP contribution in [0, 0.1) is 0 Å². The Morgan fingerprint density at radius 3 is 1.95 bits per heavy atom. The van der Waals surface area contributed by atoms with E-state index >= 15 is 0 Å². The SMILES string of the molecule is CCC1(C)\C(=C/C=C(/C=C/CC(C)(C)c2c(NCc3ccccc3)ccc3ccccc23)c2ccccc2)N(Cc2ccccc2)c2ccc3ccccc3c21. The number of benzene rings is 7. The predicted molar refractivity (Wildman–Crippen MR) is 241 cm³/mol. The van der Waals surface area contributed by atoms with Gasteiger partial charge in [-0.3, -0.25) is 0 Å². The number of hydrogen-bond acceptors (Lipinski definition) is 2. The van der Waals surface area contributed by atoms with Crippen molar-refractivity contribution >= 4 is 38.5 Å². The Morgan fingerprint density at radius 1 is 0.661 bits per heavy atom. The number of allylic oxidation sites excluding steroid dienone is 6. The van der Waals surface area contributed by atoms with E-state index in [-0.39, 0.29) is 10.8 Å². The maximum Gasteiger partial charge on any atom is 0.0479 e. The zero-order chi connectivity index (χ0) is 38.5. The van der Waals surface area contributed by atoms with Crippen LogP contribution in [-0.2, 0) is 23.9 Å². The van der Waals surface area contributed by atoms with Crippen LogP contribution in [0.5, 0.6) is 0 Å². The lowest BCUT2D eigenvalue weighted by atomic mass is 9.77. The van der Waals surface area contributed by atoms with Crippen molar-refractivity contribution in [2.24, 2.45) is 0 Å². The van der Waals surface area contributed by atoms with Crippen molar-refractivity contribution < 1.29 is 0 Å². The van der Waals surface area contributed by atoms with E-state index in [0.29, 0.717) is 0 Å². The normalized spacial score (nSPS) is 16.6. The molecule has 0 spiro atoms. The molecule has 7 aromatic carbocycles. The number of nitrogens with zero attached hydrogens (tertiary/aromatic N) is 1. The number of hydrogen-bond donors (Lipinski definition) is 1. The molecule has 2 heteroatoms. The van der Waals surface area contributed by atoms with Gasteiger partial charge < -0.3 is 10.2 Å². The molecule has 56 heavy (non-hydrogen) atoms. The standard InChI is InChI=1S/C54H52N2/c1-5-54(4)50(56(39-41-22-11-7-12-23-41)49-35-32-45-27-16-18-30-47(45)52(49)54)36-33-43(42-24-13-8-14-25-42)28-19-37-53(2,3)51-46-29-17-15-26-44(46)31-34-48(51)55-38-40-20-9-6-10-21-40/h6-36,55H,5,37-39H2,1-4H3/b28-19+,43-33-,50-36+. The maximum absolute atomic E-state index is 3.81. The highest BCUT2D eigenvalue weighted by Gasteiger charge is 2.43. The van der Waals surface area contributed by atoms with Gasteiger partial charge in [-0.05, 0) is 98.3 Å². The summed E-state index contributed by atoms with van der Waals surface area (Å²) in [6, 6.07) is 59.2. The molecule has 1 aliphatic heterocycles.